The molecular weight excluding hydrogens is 246 g/mol. The lowest BCUT2D eigenvalue weighted by atomic mass is 10.1. The highest BCUT2D eigenvalue weighted by molar-refractivity contribution is 7.99. The molecule has 0 bridgehead atoms. The van der Waals surface area contributed by atoms with Crippen molar-refractivity contribution in [2.45, 2.75) is 49.8 Å². The summed E-state index contributed by atoms with van der Waals surface area (Å²) in [6.45, 7) is 0. The Bertz CT molecular complexity index is 330. The summed E-state index contributed by atoms with van der Waals surface area (Å²) >= 11 is 1.87. The molecule has 0 saturated carbocycles. The maximum atomic E-state index is 10.3. The second-order valence-electron chi connectivity index (χ2n) is 4.30. The molecule has 0 atom stereocenters. The molecule has 0 aliphatic carbocycles. The molecule has 1 aromatic heterocycles. The number of hydrogen-bond acceptors (Lipinski definition) is 3. The van der Waals surface area contributed by atoms with Crippen LogP contribution >= 0.6 is 11.8 Å². The quantitative estimate of drug-likeness (QED) is 0.514. The van der Waals surface area contributed by atoms with Crippen molar-refractivity contribution in [3.63, 3.8) is 0 Å². The monoisotopic (exact) mass is 267 g/mol. The Hall–Kier alpha value is -1.03. The molecule has 0 fully saturated rings. The molecule has 0 aromatic carbocycles. The zero-order valence-electron chi connectivity index (χ0n) is 10.7. The molecule has 100 valence electrons. The fourth-order valence-electron chi connectivity index (χ4n) is 1.71. The van der Waals surface area contributed by atoms with Gasteiger partial charge in [0.2, 0.25) is 0 Å². The third kappa shape index (κ3) is 8.12. The molecule has 0 spiro atoms. The van der Waals surface area contributed by atoms with Crippen LogP contribution in [0.25, 0.3) is 0 Å². The third-order valence-corrected chi connectivity index (χ3v) is 3.80. The maximum absolute atomic E-state index is 10.3. The zero-order chi connectivity index (χ0) is 13.1. The van der Waals surface area contributed by atoms with E-state index in [1.807, 2.05) is 36.3 Å². The van der Waals surface area contributed by atoms with Gasteiger partial charge in [0, 0.05) is 23.7 Å². The largest absolute Gasteiger partial charge is 0.481 e. The van der Waals surface area contributed by atoms with Crippen LogP contribution in [0.5, 0.6) is 0 Å². The summed E-state index contributed by atoms with van der Waals surface area (Å²) in [6.07, 6.45) is 10.7. The van der Waals surface area contributed by atoms with E-state index >= 15 is 0 Å². The van der Waals surface area contributed by atoms with Crippen molar-refractivity contribution in [3.05, 3.63) is 24.5 Å². The molecule has 0 radical (unpaired) electrons. The van der Waals surface area contributed by atoms with Crippen LogP contribution in [0.4, 0.5) is 0 Å². The Morgan fingerprint density at radius 1 is 1.06 bits per heavy atom. The minimum atomic E-state index is -0.677. The molecular formula is C14H21NO2S. The first-order valence-corrected chi connectivity index (χ1v) is 7.52. The van der Waals surface area contributed by atoms with E-state index in [0.717, 1.165) is 25.0 Å². The Balaban J connectivity index is 1.86. The summed E-state index contributed by atoms with van der Waals surface area (Å²) in [7, 11) is 0. The number of carboxylic acids is 1. The fourth-order valence-corrected chi connectivity index (χ4v) is 2.61. The summed E-state index contributed by atoms with van der Waals surface area (Å²) in [4.78, 5) is 15.6. The van der Waals surface area contributed by atoms with Crippen LogP contribution in [-0.4, -0.2) is 21.8 Å². The summed E-state index contributed by atoms with van der Waals surface area (Å²) in [5.41, 5.74) is 0. The molecule has 0 aliphatic rings. The van der Waals surface area contributed by atoms with Gasteiger partial charge in [0.15, 0.2) is 0 Å². The molecule has 4 heteroatoms. The molecule has 0 saturated heterocycles. The van der Waals surface area contributed by atoms with Gasteiger partial charge in [-0.25, -0.2) is 0 Å². The van der Waals surface area contributed by atoms with Crippen molar-refractivity contribution >= 4 is 17.7 Å². The first-order chi connectivity index (χ1) is 8.79. The molecule has 1 heterocycles. The summed E-state index contributed by atoms with van der Waals surface area (Å²) in [5, 5.41) is 8.49. The van der Waals surface area contributed by atoms with Crippen LogP contribution in [0.2, 0.25) is 0 Å². The number of hydrogen-bond donors (Lipinski definition) is 1. The summed E-state index contributed by atoms with van der Waals surface area (Å²) < 4.78 is 0. The Morgan fingerprint density at radius 3 is 2.33 bits per heavy atom. The number of thioether (sulfide) groups is 1. The highest BCUT2D eigenvalue weighted by atomic mass is 32.2. The van der Waals surface area contributed by atoms with Gasteiger partial charge in [-0.15, -0.1) is 11.8 Å². The van der Waals surface area contributed by atoms with Crippen molar-refractivity contribution < 1.29 is 9.90 Å². The smallest absolute Gasteiger partial charge is 0.303 e. The van der Waals surface area contributed by atoms with Crippen molar-refractivity contribution in [1.29, 1.82) is 0 Å². The number of unbranched alkanes of at least 4 members (excludes halogenated alkanes) is 5. The van der Waals surface area contributed by atoms with Crippen molar-refractivity contribution in [2.75, 3.05) is 5.75 Å². The minimum absolute atomic E-state index is 0.317. The van der Waals surface area contributed by atoms with E-state index in [2.05, 4.69) is 4.98 Å². The second-order valence-corrected chi connectivity index (χ2v) is 5.46. The Kier molecular flexibility index (Phi) is 8.30. The predicted molar refractivity (Wildman–Crippen MR) is 74.9 cm³/mol. The standard InChI is InChI=1S/C14H21NO2S/c16-14(17)7-5-3-1-2-4-6-12-18-13-8-10-15-11-9-13/h8-11H,1-7,12H2,(H,16,17). The lowest BCUT2D eigenvalue weighted by Crippen LogP contribution is -1.93. The van der Waals surface area contributed by atoms with Gasteiger partial charge in [-0.2, -0.15) is 0 Å². The lowest BCUT2D eigenvalue weighted by molar-refractivity contribution is -0.137. The van der Waals surface area contributed by atoms with Gasteiger partial charge in [0.1, 0.15) is 0 Å². The Morgan fingerprint density at radius 2 is 1.67 bits per heavy atom. The average Bonchev–Trinajstić information content (AvgIpc) is 2.37. The topological polar surface area (TPSA) is 50.2 Å². The third-order valence-electron chi connectivity index (χ3n) is 2.70. The SMILES string of the molecule is O=C(O)CCCCCCCCSc1ccncc1. The van der Waals surface area contributed by atoms with Gasteiger partial charge >= 0.3 is 5.97 Å². The van der Waals surface area contributed by atoms with Crippen LogP contribution in [0.3, 0.4) is 0 Å². The van der Waals surface area contributed by atoms with E-state index in [0.29, 0.717) is 6.42 Å². The molecule has 0 amide bonds. The molecule has 0 unspecified atom stereocenters. The summed E-state index contributed by atoms with van der Waals surface area (Å²) in [6, 6.07) is 4.08. The Labute approximate surface area is 113 Å². The van der Waals surface area contributed by atoms with Crippen molar-refractivity contribution in [3.8, 4) is 0 Å². The van der Waals surface area contributed by atoms with Gasteiger partial charge in [0.25, 0.3) is 0 Å². The van der Waals surface area contributed by atoms with E-state index in [1.165, 1.54) is 24.2 Å². The van der Waals surface area contributed by atoms with Crippen LogP contribution in [0, 0.1) is 0 Å². The van der Waals surface area contributed by atoms with E-state index in [4.69, 9.17) is 5.11 Å². The highest BCUT2D eigenvalue weighted by Crippen LogP contribution is 2.18. The normalized spacial score (nSPS) is 10.4. The molecule has 1 rings (SSSR count). The average molecular weight is 267 g/mol. The number of rotatable bonds is 10. The molecule has 3 nitrogen and oxygen atoms in total. The van der Waals surface area contributed by atoms with E-state index in [1.54, 1.807) is 0 Å². The number of nitrogens with zero attached hydrogens (tertiary/aromatic N) is 1. The van der Waals surface area contributed by atoms with E-state index < -0.39 is 5.97 Å². The fraction of sp³-hybridized carbons (Fsp3) is 0.571. The van der Waals surface area contributed by atoms with Crippen LogP contribution in [-0.2, 0) is 4.79 Å². The second kappa shape index (κ2) is 9.95. The summed E-state index contributed by atoms with van der Waals surface area (Å²) in [5.74, 6) is 0.475. The molecule has 1 N–H and O–H groups in total. The maximum Gasteiger partial charge on any atom is 0.303 e. The first kappa shape index (κ1) is 15.0. The lowest BCUT2D eigenvalue weighted by Gasteiger charge is -2.02. The van der Waals surface area contributed by atoms with Gasteiger partial charge < -0.3 is 5.11 Å². The number of aliphatic carboxylic acids is 1. The molecule has 18 heavy (non-hydrogen) atoms. The van der Waals surface area contributed by atoms with Crippen LogP contribution < -0.4 is 0 Å². The number of carbonyl (C=O) groups is 1. The van der Waals surface area contributed by atoms with E-state index in [9.17, 15) is 4.79 Å². The first-order valence-electron chi connectivity index (χ1n) is 6.53. The zero-order valence-corrected chi connectivity index (χ0v) is 11.5. The highest BCUT2D eigenvalue weighted by Gasteiger charge is 1.97. The number of aromatic nitrogens is 1. The van der Waals surface area contributed by atoms with E-state index in [-0.39, 0.29) is 0 Å². The number of pyridine rings is 1. The van der Waals surface area contributed by atoms with Gasteiger partial charge in [-0.1, -0.05) is 25.7 Å². The molecule has 0 aliphatic heterocycles. The molecule has 1 aromatic rings. The van der Waals surface area contributed by atoms with Gasteiger partial charge in [-0.05, 0) is 30.7 Å². The van der Waals surface area contributed by atoms with Crippen LogP contribution in [0.1, 0.15) is 44.9 Å². The van der Waals surface area contributed by atoms with Crippen LogP contribution in [0.15, 0.2) is 29.4 Å². The van der Waals surface area contributed by atoms with Gasteiger partial charge in [0.05, 0.1) is 0 Å². The number of carboxylic acid groups (broad SMARTS) is 1. The van der Waals surface area contributed by atoms with Crippen molar-refractivity contribution in [1.82, 2.24) is 4.98 Å². The van der Waals surface area contributed by atoms with Crippen molar-refractivity contribution in [2.24, 2.45) is 0 Å². The minimum Gasteiger partial charge on any atom is -0.481 e. The predicted octanol–water partition coefficient (Wildman–Crippen LogP) is 3.99. The van der Waals surface area contributed by atoms with Gasteiger partial charge in [-0.3, -0.25) is 9.78 Å².